The summed E-state index contributed by atoms with van der Waals surface area (Å²) in [6, 6.07) is 0.258. The number of fused-ring (bicyclic) bond motifs is 4. The van der Waals surface area contributed by atoms with Gasteiger partial charge in [-0.15, -0.1) is 0 Å². The quantitative estimate of drug-likeness (QED) is 0.680. The highest BCUT2D eigenvalue weighted by molar-refractivity contribution is 6.30. The van der Waals surface area contributed by atoms with Crippen LogP contribution in [0.15, 0.2) is 6.20 Å². The maximum Gasteiger partial charge on any atom is 0.319 e. The molecule has 0 N–H and O–H groups in total. The van der Waals surface area contributed by atoms with Crippen LogP contribution in [0.3, 0.4) is 0 Å². The Morgan fingerprint density at radius 3 is 2.80 bits per heavy atom. The molecule has 3 saturated heterocycles. The highest BCUT2D eigenvalue weighted by atomic mass is 35.5. The summed E-state index contributed by atoms with van der Waals surface area (Å²) in [6.45, 7) is 4.74. The highest BCUT2D eigenvalue weighted by Gasteiger charge is 2.63. The topological polar surface area (TPSA) is 54.4 Å². The van der Waals surface area contributed by atoms with Crippen LogP contribution in [-0.2, 0) is 0 Å². The molecule has 0 spiro atoms. The average molecular weight is 432 g/mol. The third-order valence-corrected chi connectivity index (χ3v) is 7.96. The fraction of sp³-hybridized carbons (Fsp3) is 0.682. The molecule has 6 rings (SSSR count). The molecule has 1 saturated carbocycles. The summed E-state index contributed by atoms with van der Waals surface area (Å²) in [5.74, 6) is 1.69. The van der Waals surface area contributed by atoms with Crippen molar-refractivity contribution in [3.63, 3.8) is 0 Å². The lowest BCUT2D eigenvalue weighted by Crippen LogP contribution is -2.47. The van der Waals surface area contributed by atoms with Gasteiger partial charge in [-0.25, -0.2) is 9.37 Å². The largest absolute Gasteiger partial charge is 0.461 e. The van der Waals surface area contributed by atoms with Crippen molar-refractivity contribution in [2.24, 2.45) is 11.8 Å². The number of anilines is 1. The number of aromatic nitrogens is 3. The van der Waals surface area contributed by atoms with Crippen molar-refractivity contribution in [3.05, 3.63) is 17.2 Å². The minimum Gasteiger partial charge on any atom is -0.461 e. The van der Waals surface area contributed by atoms with Gasteiger partial charge in [0, 0.05) is 25.8 Å². The van der Waals surface area contributed by atoms with E-state index in [1.807, 2.05) is 0 Å². The van der Waals surface area contributed by atoms with Gasteiger partial charge in [0.15, 0.2) is 11.0 Å². The fourth-order valence-electron chi connectivity index (χ4n) is 6.09. The van der Waals surface area contributed by atoms with Crippen molar-refractivity contribution < 1.29 is 9.13 Å². The van der Waals surface area contributed by atoms with Crippen LogP contribution in [0.4, 0.5) is 10.2 Å². The Morgan fingerprint density at radius 1 is 1.13 bits per heavy atom. The Morgan fingerprint density at radius 2 is 1.97 bits per heavy atom. The first-order chi connectivity index (χ1) is 14.7. The molecule has 0 bridgehead atoms. The van der Waals surface area contributed by atoms with Gasteiger partial charge in [-0.1, -0.05) is 24.4 Å². The van der Waals surface area contributed by atoms with Crippen LogP contribution in [0.1, 0.15) is 44.9 Å². The molecule has 8 heteroatoms. The summed E-state index contributed by atoms with van der Waals surface area (Å²) in [7, 11) is 0. The zero-order valence-corrected chi connectivity index (χ0v) is 17.9. The number of piperidine rings is 1. The molecule has 1 unspecified atom stereocenters. The average Bonchev–Trinajstić information content (AvgIpc) is 3.40. The van der Waals surface area contributed by atoms with Crippen LogP contribution in [0, 0.1) is 17.7 Å². The molecule has 0 amide bonds. The van der Waals surface area contributed by atoms with Crippen molar-refractivity contribution >= 4 is 28.3 Å². The van der Waals surface area contributed by atoms with E-state index in [2.05, 4.69) is 19.8 Å². The molecule has 1 aliphatic carbocycles. The highest BCUT2D eigenvalue weighted by Crippen LogP contribution is 2.59. The van der Waals surface area contributed by atoms with Crippen LogP contribution in [0.5, 0.6) is 6.01 Å². The number of nitrogens with zero attached hydrogens (tertiary/aromatic N) is 5. The first-order valence-electron chi connectivity index (χ1n) is 11.3. The Kier molecular flexibility index (Phi) is 4.53. The van der Waals surface area contributed by atoms with Crippen LogP contribution < -0.4 is 9.64 Å². The molecule has 5 heterocycles. The van der Waals surface area contributed by atoms with Crippen molar-refractivity contribution in [1.29, 1.82) is 0 Å². The van der Waals surface area contributed by atoms with Crippen LogP contribution in [0.2, 0.25) is 5.15 Å². The molecule has 160 valence electrons. The second-order valence-corrected chi connectivity index (χ2v) is 9.76. The van der Waals surface area contributed by atoms with Crippen LogP contribution in [0.25, 0.3) is 10.9 Å². The second kappa shape index (κ2) is 7.16. The molecule has 4 aliphatic rings. The van der Waals surface area contributed by atoms with Gasteiger partial charge in [0.1, 0.15) is 17.9 Å². The van der Waals surface area contributed by atoms with Crippen molar-refractivity contribution in [3.8, 4) is 6.01 Å². The second-order valence-electron chi connectivity index (χ2n) is 9.40. The monoisotopic (exact) mass is 431 g/mol. The lowest BCUT2D eigenvalue weighted by molar-refractivity contribution is 0.0830. The molecular weight excluding hydrogens is 405 g/mol. The molecule has 3 atom stereocenters. The minimum absolute atomic E-state index is 0.125. The van der Waals surface area contributed by atoms with Crippen molar-refractivity contribution in [2.45, 2.75) is 50.5 Å². The van der Waals surface area contributed by atoms with Crippen molar-refractivity contribution in [1.82, 2.24) is 19.9 Å². The number of hydrogen-bond donors (Lipinski definition) is 0. The van der Waals surface area contributed by atoms with E-state index in [1.54, 1.807) is 6.20 Å². The van der Waals surface area contributed by atoms with Gasteiger partial charge in [-0.05, 0) is 50.5 Å². The number of hydrogen-bond acceptors (Lipinski definition) is 6. The third-order valence-electron chi connectivity index (χ3n) is 7.69. The Hall–Kier alpha value is -1.73. The molecule has 0 radical (unpaired) electrons. The molecule has 4 fully saturated rings. The Bertz CT molecular complexity index is 982. The maximum absolute atomic E-state index is 14.9. The lowest BCUT2D eigenvalue weighted by atomic mass is 9.92. The number of pyridine rings is 1. The Balaban J connectivity index is 1.36. The number of ether oxygens (including phenoxy) is 1. The van der Waals surface area contributed by atoms with Gasteiger partial charge in [0.2, 0.25) is 0 Å². The van der Waals surface area contributed by atoms with E-state index in [4.69, 9.17) is 21.3 Å². The van der Waals surface area contributed by atoms with E-state index < -0.39 is 5.82 Å². The van der Waals surface area contributed by atoms with Gasteiger partial charge in [0.25, 0.3) is 0 Å². The molecular formula is C22H27ClFN5O. The van der Waals surface area contributed by atoms with E-state index in [-0.39, 0.29) is 22.2 Å². The summed E-state index contributed by atoms with van der Waals surface area (Å²) in [4.78, 5) is 18.1. The van der Waals surface area contributed by atoms with Gasteiger partial charge >= 0.3 is 6.01 Å². The smallest absolute Gasteiger partial charge is 0.319 e. The summed E-state index contributed by atoms with van der Waals surface area (Å²) in [5, 5.41) is 0.445. The van der Waals surface area contributed by atoms with E-state index in [0.29, 0.717) is 12.0 Å². The normalized spacial score (nSPS) is 30.9. The predicted molar refractivity (Wildman–Crippen MR) is 114 cm³/mol. The van der Waals surface area contributed by atoms with Gasteiger partial charge in [-0.2, -0.15) is 9.97 Å². The zero-order chi connectivity index (χ0) is 20.3. The van der Waals surface area contributed by atoms with Crippen molar-refractivity contribution in [2.75, 3.05) is 37.7 Å². The van der Waals surface area contributed by atoms with E-state index in [1.165, 1.54) is 38.6 Å². The zero-order valence-electron chi connectivity index (χ0n) is 17.1. The van der Waals surface area contributed by atoms with E-state index in [0.717, 1.165) is 50.1 Å². The van der Waals surface area contributed by atoms with E-state index in [9.17, 15) is 4.39 Å². The van der Waals surface area contributed by atoms with Gasteiger partial charge < -0.3 is 9.64 Å². The summed E-state index contributed by atoms with van der Waals surface area (Å²) in [6.07, 6.45) is 9.93. The molecule has 2 aromatic rings. The minimum atomic E-state index is -0.596. The summed E-state index contributed by atoms with van der Waals surface area (Å²) < 4.78 is 21.1. The lowest BCUT2D eigenvalue weighted by Gasteiger charge is -2.34. The molecule has 30 heavy (non-hydrogen) atoms. The third kappa shape index (κ3) is 2.96. The first-order valence-corrected chi connectivity index (χ1v) is 11.7. The molecule has 6 nitrogen and oxygen atoms in total. The standard InChI is InChI=1S/C22H27ClFN5O/c23-19-17(24)18-15(11-25-19)20(28-7-3-1-2-4-8-28)27-21(26-18)30-13-22-6-5-9-29(22)12-14-10-16(14)22/h11,14,16H,1-10,12-13H2/t14-,16-,22?/m1/s1. The van der Waals surface area contributed by atoms with E-state index >= 15 is 0 Å². The van der Waals surface area contributed by atoms with Gasteiger partial charge in [-0.3, -0.25) is 4.90 Å². The fourth-order valence-corrected chi connectivity index (χ4v) is 6.23. The summed E-state index contributed by atoms with van der Waals surface area (Å²) in [5.41, 5.74) is 0.330. The van der Waals surface area contributed by atoms with Gasteiger partial charge in [0.05, 0.1) is 10.9 Å². The molecule has 3 aliphatic heterocycles. The Labute approximate surface area is 180 Å². The van der Waals surface area contributed by atoms with Crippen LogP contribution >= 0.6 is 11.6 Å². The molecule has 0 aromatic carbocycles. The molecule has 2 aromatic heterocycles. The summed E-state index contributed by atoms with van der Waals surface area (Å²) >= 11 is 5.97. The number of halogens is 2. The maximum atomic E-state index is 14.9. The van der Waals surface area contributed by atoms with Crippen LogP contribution in [-0.4, -0.2) is 58.2 Å². The SMILES string of the molecule is Fc1c(Cl)ncc2c(N3CCCCCC3)nc(OCC34CCCN3C[C@H]3C[C@H]34)nc12. The predicted octanol–water partition coefficient (Wildman–Crippen LogP) is 4.06. The first kappa shape index (κ1) is 19.0. The number of rotatable bonds is 4.